The molecular weight excluding hydrogens is 358 g/mol. The first-order valence-corrected chi connectivity index (χ1v) is 7.34. The Balaban J connectivity index is 2.74. The Morgan fingerprint density at radius 3 is 2.58 bits per heavy atom. The van der Waals surface area contributed by atoms with Gasteiger partial charge in [0.15, 0.2) is 0 Å². The Bertz CT molecular complexity index is 789. The number of carboxylic acids is 1. The number of carbonyl (C=O) groups is 2. The summed E-state index contributed by atoms with van der Waals surface area (Å²) in [6, 6.07) is 1.20. The van der Waals surface area contributed by atoms with Crippen molar-refractivity contribution in [1.82, 2.24) is 4.90 Å². The number of carboxylic acid groups (broad SMARTS) is 1. The summed E-state index contributed by atoms with van der Waals surface area (Å²) in [5.41, 5.74) is 4.85. The fourth-order valence-corrected chi connectivity index (χ4v) is 2.99. The molecule has 1 amide bonds. The van der Waals surface area contributed by atoms with Gasteiger partial charge in [0.2, 0.25) is 0 Å². The fourth-order valence-electron chi connectivity index (χ4n) is 2.99. The van der Waals surface area contributed by atoms with Crippen molar-refractivity contribution in [3.05, 3.63) is 46.9 Å². The fraction of sp³-hybridized carbons (Fsp3) is 0.312. The van der Waals surface area contributed by atoms with Crippen LogP contribution in [-0.2, 0) is 4.79 Å². The molecule has 1 aromatic carbocycles. The number of fused-ring (bicyclic) bond motifs is 1. The van der Waals surface area contributed by atoms with Crippen LogP contribution < -0.4 is 5.73 Å². The molecule has 0 bridgehead atoms. The minimum Gasteiger partial charge on any atom is -0.481 e. The van der Waals surface area contributed by atoms with Crippen LogP contribution in [0.5, 0.6) is 0 Å². The third kappa shape index (κ3) is 3.68. The highest BCUT2D eigenvalue weighted by molar-refractivity contribution is 6.02. The second-order valence-electron chi connectivity index (χ2n) is 5.59. The minimum atomic E-state index is -4.80. The van der Waals surface area contributed by atoms with Crippen molar-refractivity contribution in [3.63, 3.8) is 0 Å². The molecule has 10 heteroatoms. The molecule has 1 aromatic rings. The third-order valence-electron chi connectivity index (χ3n) is 3.92. The van der Waals surface area contributed by atoms with Gasteiger partial charge in [0.05, 0.1) is 6.04 Å². The van der Waals surface area contributed by atoms with Gasteiger partial charge in [0, 0.05) is 30.6 Å². The van der Waals surface area contributed by atoms with Crippen LogP contribution in [0.3, 0.4) is 0 Å². The lowest BCUT2D eigenvalue weighted by Crippen LogP contribution is -2.54. The van der Waals surface area contributed by atoms with Crippen LogP contribution in [0.4, 0.5) is 17.6 Å². The zero-order chi connectivity index (χ0) is 19.6. The van der Waals surface area contributed by atoms with Crippen LogP contribution in [-0.4, -0.2) is 53.9 Å². The van der Waals surface area contributed by atoms with E-state index in [1.54, 1.807) is 0 Å². The topological polar surface area (TPSA) is 96.0 Å². The molecule has 0 aromatic heterocycles. The number of hydrogen-bond donors (Lipinski definition) is 2. The monoisotopic (exact) mass is 373 g/mol. The van der Waals surface area contributed by atoms with E-state index in [2.05, 4.69) is 4.99 Å². The molecule has 26 heavy (non-hydrogen) atoms. The van der Waals surface area contributed by atoms with E-state index in [9.17, 15) is 32.3 Å². The summed E-state index contributed by atoms with van der Waals surface area (Å²) in [4.78, 5) is 28.4. The lowest BCUT2D eigenvalue weighted by molar-refractivity contribution is -0.150. The summed E-state index contributed by atoms with van der Waals surface area (Å²) in [5.74, 6) is -5.05. The minimum absolute atomic E-state index is 0.0764. The molecule has 0 aliphatic carbocycles. The van der Waals surface area contributed by atoms with Crippen LogP contribution >= 0.6 is 0 Å². The number of nitrogens with two attached hydrogens (primary N) is 1. The van der Waals surface area contributed by atoms with Crippen molar-refractivity contribution in [1.29, 1.82) is 0 Å². The number of carbonyl (C=O) groups excluding carboxylic acids is 1. The lowest BCUT2D eigenvalue weighted by Gasteiger charge is -2.41. The van der Waals surface area contributed by atoms with E-state index in [1.807, 2.05) is 0 Å². The van der Waals surface area contributed by atoms with Gasteiger partial charge in [-0.15, -0.1) is 0 Å². The van der Waals surface area contributed by atoms with Gasteiger partial charge in [-0.25, -0.2) is 4.39 Å². The molecule has 1 heterocycles. The number of aliphatic imine (C=N–C) groups is 1. The average Bonchev–Trinajstić information content (AvgIpc) is 2.54. The van der Waals surface area contributed by atoms with Gasteiger partial charge >= 0.3 is 12.1 Å². The van der Waals surface area contributed by atoms with Gasteiger partial charge in [-0.2, -0.15) is 13.2 Å². The van der Waals surface area contributed by atoms with E-state index in [1.165, 1.54) is 7.05 Å². The van der Waals surface area contributed by atoms with Crippen molar-refractivity contribution >= 4 is 18.1 Å². The molecule has 3 N–H and O–H groups in total. The Hall–Kier alpha value is -2.91. The molecule has 2 atom stereocenters. The summed E-state index contributed by atoms with van der Waals surface area (Å²) in [5, 5.41) is 9.61. The van der Waals surface area contributed by atoms with Crippen molar-refractivity contribution in [2.45, 2.75) is 18.1 Å². The number of rotatable bonds is 4. The molecule has 2 unspecified atom stereocenters. The highest BCUT2D eigenvalue weighted by Gasteiger charge is 2.48. The predicted octanol–water partition coefficient (Wildman–Crippen LogP) is 1.92. The zero-order valence-electron chi connectivity index (χ0n) is 13.5. The highest BCUT2D eigenvalue weighted by atomic mass is 19.4. The number of benzene rings is 1. The van der Waals surface area contributed by atoms with Gasteiger partial charge < -0.3 is 15.7 Å². The SMILES string of the molecule is CN=CC(=CN)C1C(C(=O)O)c2ccc(F)cc2C(=O)N1CC(F)(F)F. The Kier molecular flexibility index (Phi) is 5.33. The van der Waals surface area contributed by atoms with Gasteiger partial charge in [-0.1, -0.05) is 6.07 Å². The van der Waals surface area contributed by atoms with Gasteiger partial charge in [0.1, 0.15) is 18.3 Å². The molecule has 1 aliphatic rings. The molecule has 140 valence electrons. The van der Waals surface area contributed by atoms with Crippen LogP contribution in [0.15, 0.2) is 35.0 Å². The van der Waals surface area contributed by atoms with Gasteiger partial charge in [0.25, 0.3) is 5.91 Å². The molecule has 0 saturated carbocycles. The first-order valence-electron chi connectivity index (χ1n) is 7.34. The largest absolute Gasteiger partial charge is 0.481 e. The quantitative estimate of drug-likeness (QED) is 0.623. The van der Waals surface area contributed by atoms with Gasteiger partial charge in [-0.3, -0.25) is 14.6 Å². The van der Waals surface area contributed by atoms with E-state index in [0.717, 1.165) is 30.6 Å². The first-order chi connectivity index (χ1) is 12.1. The maximum Gasteiger partial charge on any atom is 0.406 e. The van der Waals surface area contributed by atoms with E-state index >= 15 is 0 Å². The summed E-state index contributed by atoms with van der Waals surface area (Å²) in [6.07, 6.45) is -2.81. The summed E-state index contributed by atoms with van der Waals surface area (Å²) in [7, 11) is 1.32. The van der Waals surface area contributed by atoms with E-state index < -0.39 is 47.9 Å². The Morgan fingerprint density at radius 1 is 1.42 bits per heavy atom. The summed E-state index contributed by atoms with van der Waals surface area (Å²) in [6.45, 7) is -1.72. The summed E-state index contributed by atoms with van der Waals surface area (Å²) >= 11 is 0. The third-order valence-corrected chi connectivity index (χ3v) is 3.92. The highest BCUT2D eigenvalue weighted by Crippen LogP contribution is 2.38. The second kappa shape index (κ2) is 7.14. The van der Waals surface area contributed by atoms with Crippen LogP contribution in [0.1, 0.15) is 21.8 Å². The number of hydrogen-bond acceptors (Lipinski definition) is 4. The maximum atomic E-state index is 13.5. The number of amides is 1. The van der Waals surface area contributed by atoms with Crippen molar-refractivity contribution in [2.75, 3.05) is 13.6 Å². The molecule has 1 aliphatic heterocycles. The van der Waals surface area contributed by atoms with Crippen LogP contribution in [0.25, 0.3) is 0 Å². The lowest BCUT2D eigenvalue weighted by atomic mass is 9.79. The predicted molar refractivity (Wildman–Crippen MR) is 84.3 cm³/mol. The van der Waals surface area contributed by atoms with E-state index in [-0.39, 0.29) is 11.1 Å². The van der Waals surface area contributed by atoms with Crippen molar-refractivity contribution in [2.24, 2.45) is 10.7 Å². The number of halogens is 4. The number of alkyl halides is 3. The number of nitrogens with zero attached hydrogens (tertiary/aromatic N) is 2. The smallest absolute Gasteiger partial charge is 0.406 e. The van der Waals surface area contributed by atoms with E-state index in [0.29, 0.717) is 4.90 Å². The second-order valence-corrected chi connectivity index (χ2v) is 5.59. The number of aliphatic carboxylic acids is 1. The molecule has 0 spiro atoms. The van der Waals surface area contributed by atoms with Crippen LogP contribution in [0.2, 0.25) is 0 Å². The van der Waals surface area contributed by atoms with E-state index in [4.69, 9.17) is 5.73 Å². The molecule has 6 nitrogen and oxygen atoms in total. The normalized spacial score (nSPS) is 21.2. The Labute approximate surface area is 145 Å². The maximum absolute atomic E-state index is 13.5. The molecule has 0 radical (unpaired) electrons. The average molecular weight is 373 g/mol. The van der Waals surface area contributed by atoms with Crippen molar-refractivity contribution < 1.29 is 32.3 Å². The zero-order valence-corrected chi connectivity index (χ0v) is 13.5. The molecule has 2 rings (SSSR count). The standard InChI is InChI=1S/C16H15F4N3O3/c1-22-6-8(5-21)13-12(15(25)26)10-3-2-9(17)4-11(10)14(24)23(13)7-16(18,19)20/h2-6,12-13H,7,21H2,1H3,(H,25,26). The Morgan fingerprint density at radius 2 is 2.08 bits per heavy atom. The first kappa shape index (κ1) is 19.4. The molecular formula is C16H15F4N3O3. The van der Waals surface area contributed by atoms with Crippen molar-refractivity contribution in [3.8, 4) is 0 Å². The summed E-state index contributed by atoms with van der Waals surface area (Å²) < 4.78 is 52.6. The van der Waals surface area contributed by atoms with Gasteiger partial charge in [-0.05, 0) is 17.7 Å². The molecule has 0 fully saturated rings. The van der Waals surface area contributed by atoms with Crippen LogP contribution in [0, 0.1) is 5.82 Å². The molecule has 0 saturated heterocycles.